The van der Waals surface area contributed by atoms with Crippen molar-refractivity contribution in [3.8, 4) is 28.5 Å². The van der Waals surface area contributed by atoms with Crippen LogP contribution in [0.3, 0.4) is 0 Å². The number of imidazole rings is 1. The first-order valence-corrected chi connectivity index (χ1v) is 10.8. The molecule has 1 fully saturated rings. The van der Waals surface area contributed by atoms with Gasteiger partial charge in [0.1, 0.15) is 11.6 Å². The average molecular weight is 435 g/mol. The third-order valence-electron chi connectivity index (χ3n) is 5.60. The van der Waals surface area contributed by atoms with Gasteiger partial charge in [-0.3, -0.25) is 0 Å². The van der Waals surface area contributed by atoms with Crippen molar-refractivity contribution in [3.05, 3.63) is 71.3 Å². The van der Waals surface area contributed by atoms with Crippen molar-refractivity contribution in [2.75, 3.05) is 7.11 Å². The van der Waals surface area contributed by atoms with Crippen LogP contribution in [0.4, 0.5) is 0 Å². The molecule has 0 bridgehead atoms. The number of nitrogens with zero attached hydrogens (tertiary/aromatic N) is 4. The third kappa shape index (κ3) is 4.08. The van der Waals surface area contributed by atoms with E-state index in [0.29, 0.717) is 22.8 Å². The van der Waals surface area contributed by atoms with Crippen LogP contribution in [0.2, 0.25) is 5.02 Å². The Kier molecular flexibility index (Phi) is 5.24. The summed E-state index contributed by atoms with van der Waals surface area (Å²) in [4.78, 5) is 9.37. The van der Waals surface area contributed by atoms with E-state index in [1.165, 1.54) is 18.5 Å². The molecule has 0 saturated heterocycles. The van der Waals surface area contributed by atoms with Gasteiger partial charge >= 0.3 is 0 Å². The summed E-state index contributed by atoms with van der Waals surface area (Å²) in [6.07, 6.45) is 5.11. The van der Waals surface area contributed by atoms with Crippen LogP contribution in [0.15, 0.2) is 59.3 Å². The van der Waals surface area contributed by atoms with Crippen molar-refractivity contribution in [3.63, 3.8) is 0 Å². The van der Waals surface area contributed by atoms with E-state index in [2.05, 4.69) is 33.8 Å². The third-order valence-corrected chi connectivity index (χ3v) is 5.83. The normalized spacial score (nSPS) is 14.5. The van der Waals surface area contributed by atoms with Crippen molar-refractivity contribution in [1.82, 2.24) is 19.7 Å². The smallest absolute Gasteiger partial charge is 0.230 e. The lowest BCUT2D eigenvalue weighted by atomic mass is 10.1. The Morgan fingerprint density at radius 2 is 1.97 bits per heavy atom. The van der Waals surface area contributed by atoms with Gasteiger partial charge in [-0.2, -0.15) is 4.98 Å². The summed E-state index contributed by atoms with van der Waals surface area (Å²) >= 11 is 6.09. The summed E-state index contributed by atoms with van der Waals surface area (Å²) in [6.45, 7) is 2.10. The lowest BCUT2D eigenvalue weighted by molar-refractivity contribution is 0.357. The predicted molar refractivity (Wildman–Crippen MR) is 119 cm³/mol. The fraction of sp³-hybridized carbons (Fsp3) is 0.292. The van der Waals surface area contributed by atoms with Crippen molar-refractivity contribution >= 4 is 11.6 Å². The zero-order valence-corrected chi connectivity index (χ0v) is 18.2. The average Bonchev–Trinajstić information content (AvgIpc) is 3.34. The van der Waals surface area contributed by atoms with Gasteiger partial charge in [0, 0.05) is 46.4 Å². The maximum absolute atomic E-state index is 6.09. The van der Waals surface area contributed by atoms with Gasteiger partial charge in [0.05, 0.1) is 7.11 Å². The van der Waals surface area contributed by atoms with Gasteiger partial charge in [0.2, 0.25) is 11.7 Å². The molecule has 0 spiro atoms. The monoisotopic (exact) mass is 434 g/mol. The summed E-state index contributed by atoms with van der Waals surface area (Å²) in [6, 6.07) is 16.0. The zero-order chi connectivity index (χ0) is 21.4. The molecule has 0 N–H and O–H groups in total. The van der Waals surface area contributed by atoms with Gasteiger partial charge in [0.25, 0.3) is 0 Å². The van der Waals surface area contributed by atoms with Crippen LogP contribution in [-0.4, -0.2) is 26.8 Å². The molecular formula is C24H23ClN4O2. The van der Waals surface area contributed by atoms with E-state index >= 15 is 0 Å². The number of hydrogen-bond donors (Lipinski definition) is 0. The molecule has 1 atom stereocenters. The number of ether oxygens (including phenoxy) is 1. The Hall–Kier alpha value is -3.12. The number of methoxy groups -OCH3 is 1. The highest BCUT2D eigenvalue weighted by Crippen LogP contribution is 2.40. The van der Waals surface area contributed by atoms with Gasteiger partial charge in [0.15, 0.2) is 0 Å². The van der Waals surface area contributed by atoms with Crippen LogP contribution >= 0.6 is 11.6 Å². The quantitative estimate of drug-likeness (QED) is 0.360. The summed E-state index contributed by atoms with van der Waals surface area (Å²) < 4.78 is 13.2. The SMILES string of the molecule is COc1ccc(-c2ncc(CC(C)c3nc(-c4cccc(Cl)c4)no3)n2C2CC2)cc1. The fourth-order valence-electron chi connectivity index (χ4n) is 3.82. The molecule has 1 aliphatic rings. The Labute approximate surface area is 185 Å². The van der Waals surface area contributed by atoms with Crippen LogP contribution in [-0.2, 0) is 6.42 Å². The van der Waals surface area contributed by atoms with E-state index < -0.39 is 0 Å². The Morgan fingerprint density at radius 1 is 1.16 bits per heavy atom. The van der Waals surface area contributed by atoms with Crippen molar-refractivity contribution in [1.29, 1.82) is 0 Å². The Balaban J connectivity index is 1.39. The molecule has 1 unspecified atom stereocenters. The lowest BCUT2D eigenvalue weighted by Gasteiger charge is -2.13. The number of rotatable bonds is 7. The second-order valence-corrected chi connectivity index (χ2v) is 8.41. The highest BCUT2D eigenvalue weighted by atomic mass is 35.5. The lowest BCUT2D eigenvalue weighted by Crippen LogP contribution is -2.07. The van der Waals surface area contributed by atoms with Gasteiger partial charge in [-0.25, -0.2) is 4.98 Å². The highest BCUT2D eigenvalue weighted by molar-refractivity contribution is 6.30. The molecule has 158 valence electrons. The van der Waals surface area contributed by atoms with E-state index in [4.69, 9.17) is 25.8 Å². The van der Waals surface area contributed by atoms with Gasteiger partial charge in [-0.05, 0) is 49.2 Å². The molecule has 0 amide bonds. The zero-order valence-electron chi connectivity index (χ0n) is 17.5. The molecule has 5 rings (SSSR count). The Bertz CT molecular complexity index is 1190. The first-order chi connectivity index (χ1) is 15.1. The van der Waals surface area contributed by atoms with Crippen LogP contribution < -0.4 is 4.74 Å². The molecule has 31 heavy (non-hydrogen) atoms. The van der Waals surface area contributed by atoms with E-state index in [-0.39, 0.29) is 5.92 Å². The van der Waals surface area contributed by atoms with E-state index in [0.717, 1.165) is 29.1 Å². The maximum atomic E-state index is 6.09. The molecule has 2 aromatic heterocycles. The molecular weight excluding hydrogens is 412 g/mol. The first-order valence-electron chi connectivity index (χ1n) is 10.4. The number of aromatic nitrogens is 4. The van der Waals surface area contributed by atoms with E-state index in [9.17, 15) is 0 Å². The highest BCUT2D eigenvalue weighted by Gasteiger charge is 2.30. The number of benzene rings is 2. The van der Waals surface area contributed by atoms with Crippen molar-refractivity contribution in [2.24, 2.45) is 0 Å². The largest absolute Gasteiger partial charge is 0.497 e. The van der Waals surface area contributed by atoms with Gasteiger partial charge in [-0.1, -0.05) is 35.8 Å². The molecule has 1 saturated carbocycles. The van der Waals surface area contributed by atoms with Crippen molar-refractivity contribution in [2.45, 2.75) is 38.1 Å². The van der Waals surface area contributed by atoms with E-state index in [1.54, 1.807) is 7.11 Å². The minimum absolute atomic E-state index is 0.0679. The number of hydrogen-bond acceptors (Lipinski definition) is 5. The predicted octanol–water partition coefficient (Wildman–Crippen LogP) is 5.94. The molecule has 7 heteroatoms. The van der Waals surface area contributed by atoms with Gasteiger partial charge in [-0.15, -0.1) is 0 Å². The summed E-state index contributed by atoms with van der Waals surface area (Å²) in [5.41, 5.74) is 3.12. The minimum atomic E-state index is 0.0679. The second kappa shape index (κ2) is 8.19. The van der Waals surface area contributed by atoms with Crippen LogP contribution in [0, 0.1) is 0 Å². The fourth-order valence-corrected chi connectivity index (χ4v) is 4.01. The molecule has 0 radical (unpaired) electrons. The standard InChI is InChI=1S/C24H23ClN4O2/c1-15(24-27-22(28-31-24)17-4-3-5-18(25)13-17)12-20-14-26-23(29(20)19-8-9-19)16-6-10-21(30-2)11-7-16/h3-7,10-11,13-15,19H,8-9,12H2,1-2H3. The van der Waals surface area contributed by atoms with Crippen LogP contribution in [0.25, 0.3) is 22.8 Å². The maximum Gasteiger partial charge on any atom is 0.230 e. The topological polar surface area (TPSA) is 66.0 Å². The van der Waals surface area contributed by atoms with E-state index in [1.807, 2.05) is 42.6 Å². The molecule has 2 aromatic carbocycles. The second-order valence-electron chi connectivity index (χ2n) is 7.97. The molecule has 4 aromatic rings. The number of halogens is 1. The molecule has 1 aliphatic carbocycles. The Morgan fingerprint density at radius 3 is 2.68 bits per heavy atom. The van der Waals surface area contributed by atoms with Crippen LogP contribution in [0.1, 0.15) is 43.3 Å². The molecule has 2 heterocycles. The summed E-state index contributed by atoms with van der Waals surface area (Å²) in [7, 11) is 1.68. The summed E-state index contributed by atoms with van der Waals surface area (Å²) in [5.74, 6) is 3.08. The first kappa shape index (κ1) is 19.8. The summed E-state index contributed by atoms with van der Waals surface area (Å²) in [5, 5.41) is 4.80. The minimum Gasteiger partial charge on any atom is -0.497 e. The molecule has 6 nitrogen and oxygen atoms in total. The van der Waals surface area contributed by atoms with Gasteiger partial charge < -0.3 is 13.8 Å². The van der Waals surface area contributed by atoms with Crippen molar-refractivity contribution < 1.29 is 9.26 Å². The molecule has 0 aliphatic heterocycles. The van der Waals surface area contributed by atoms with Crippen LogP contribution in [0.5, 0.6) is 5.75 Å².